The fraction of sp³-hybridized carbons (Fsp3) is 0.316. The maximum Gasteiger partial charge on any atom is 0.417 e. The Bertz CT molecular complexity index is 1000. The number of carbonyl (C=O) groups is 1. The molecule has 2 aromatic carbocycles. The van der Waals surface area contributed by atoms with Crippen molar-refractivity contribution in [2.24, 2.45) is 0 Å². The normalized spacial score (nSPS) is 15.8. The summed E-state index contributed by atoms with van der Waals surface area (Å²) in [5.41, 5.74) is -1.23. The molecule has 0 saturated carbocycles. The molecule has 0 spiro atoms. The van der Waals surface area contributed by atoms with E-state index in [1.54, 1.807) is 0 Å². The lowest BCUT2D eigenvalue weighted by molar-refractivity contribution is -0.139. The first-order valence-corrected chi connectivity index (χ1v) is 10.4. The van der Waals surface area contributed by atoms with Crippen molar-refractivity contribution in [2.75, 3.05) is 32.8 Å². The van der Waals surface area contributed by atoms with E-state index in [0.717, 1.165) is 22.5 Å². The molecule has 162 valence electrons. The number of hydrogen-bond acceptors (Lipinski definition) is 4. The predicted octanol–water partition coefficient (Wildman–Crippen LogP) is 2.76. The molecule has 0 radical (unpaired) electrons. The van der Waals surface area contributed by atoms with Crippen LogP contribution < -0.4 is 4.74 Å². The molecule has 0 aromatic heterocycles. The lowest BCUT2D eigenvalue weighted by atomic mass is 10.2. The van der Waals surface area contributed by atoms with Gasteiger partial charge in [0.25, 0.3) is 5.91 Å². The van der Waals surface area contributed by atoms with Crippen molar-refractivity contribution in [1.82, 2.24) is 9.21 Å². The molecule has 0 unspecified atom stereocenters. The molecule has 0 atom stereocenters. The first kappa shape index (κ1) is 22.0. The summed E-state index contributed by atoms with van der Waals surface area (Å²) in [6.07, 6.45) is -4.81. The third kappa shape index (κ3) is 4.90. The van der Waals surface area contributed by atoms with E-state index in [1.807, 2.05) is 0 Å². The van der Waals surface area contributed by atoms with Gasteiger partial charge in [-0.05, 0) is 36.4 Å². The van der Waals surface area contributed by atoms with Crippen LogP contribution in [-0.2, 0) is 21.0 Å². The van der Waals surface area contributed by atoms with E-state index in [1.165, 1.54) is 35.2 Å². The molecular formula is C19H18F4N2O4S. The van der Waals surface area contributed by atoms with Crippen molar-refractivity contribution in [2.45, 2.75) is 11.1 Å². The van der Waals surface area contributed by atoms with Gasteiger partial charge in [0.05, 0.1) is 10.5 Å². The zero-order valence-corrected chi connectivity index (χ0v) is 16.4. The summed E-state index contributed by atoms with van der Waals surface area (Å²) in [5.74, 6) is -0.556. The van der Waals surface area contributed by atoms with Gasteiger partial charge in [0.1, 0.15) is 11.6 Å². The van der Waals surface area contributed by atoms with Gasteiger partial charge in [-0.15, -0.1) is 0 Å². The molecule has 1 aliphatic rings. The number of halogens is 4. The topological polar surface area (TPSA) is 66.9 Å². The minimum atomic E-state index is -4.81. The van der Waals surface area contributed by atoms with Gasteiger partial charge in [0, 0.05) is 26.2 Å². The molecule has 2 aromatic rings. The van der Waals surface area contributed by atoms with Gasteiger partial charge in [-0.25, -0.2) is 12.8 Å². The number of sulfonamides is 1. The Balaban J connectivity index is 1.62. The molecule has 0 N–H and O–H groups in total. The van der Waals surface area contributed by atoms with Crippen LogP contribution in [0.2, 0.25) is 0 Å². The summed E-state index contributed by atoms with van der Waals surface area (Å²) >= 11 is 0. The van der Waals surface area contributed by atoms with Gasteiger partial charge in [0.15, 0.2) is 6.61 Å². The van der Waals surface area contributed by atoms with E-state index < -0.39 is 38.4 Å². The lowest BCUT2D eigenvalue weighted by Crippen LogP contribution is -2.51. The molecule has 1 amide bonds. The van der Waals surface area contributed by atoms with Crippen LogP contribution in [0, 0.1) is 5.82 Å². The summed E-state index contributed by atoms with van der Waals surface area (Å²) in [5, 5.41) is 0. The molecular weight excluding hydrogens is 428 g/mol. The summed E-state index contributed by atoms with van der Waals surface area (Å²) in [4.78, 5) is 12.8. The van der Waals surface area contributed by atoms with Gasteiger partial charge in [-0.1, -0.05) is 12.1 Å². The Morgan fingerprint density at radius 3 is 2.17 bits per heavy atom. The molecule has 0 aliphatic carbocycles. The van der Waals surface area contributed by atoms with E-state index in [0.29, 0.717) is 5.75 Å². The van der Waals surface area contributed by atoms with E-state index in [9.17, 15) is 30.8 Å². The second-order valence-corrected chi connectivity index (χ2v) is 8.43. The number of nitrogens with zero attached hydrogens (tertiary/aromatic N) is 2. The summed E-state index contributed by atoms with van der Waals surface area (Å²) in [6, 6.07) is 9.10. The third-order valence-electron chi connectivity index (χ3n) is 4.58. The van der Waals surface area contributed by atoms with E-state index in [4.69, 9.17) is 4.74 Å². The first-order chi connectivity index (χ1) is 14.1. The monoisotopic (exact) mass is 446 g/mol. The average molecular weight is 446 g/mol. The van der Waals surface area contributed by atoms with Crippen molar-refractivity contribution in [3.05, 3.63) is 59.9 Å². The summed E-state index contributed by atoms with van der Waals surface area (Å²) in [7, 11) is -4.38. The molecule has 1 heterocycles. The highest BCUT2D eigenvalue weighted by atomic mass is 32.2. The molecule has 3 rings (SSSR count). The zero-order valence-electron chi connectivity index (χ0n) is 15.6. The molecule has 1 saturated heterocycles. The number of carbonyl (C=O) groups excluding carboxylic acids is 1. The largest absolute Gasteiger partial charge is 0.484 e. The second-order valence-electron chi connectivity index (χ2n) is 6.52. The Kier molecular flexibility index (Phi) is 6.32. The molecule has 6 nitrogen and oxygen atoms in total. The van der Waals surface area contributed by atoms with Crippen LogP contribution >= 0.6 is 0 Å². The maximum absolute atomic E-state index is 13.2. The van der Waals surface area contributed by atoms with Crippen molar-refractivity contribution < 1.29 is 35.5 Å². The highest BCUT2D eigenvalue weighted by Gasteiger charge is 2.39. The highest BCUT2D eigenvalue weighted by Crippen LogP contribution is 2.35. The Morgan fingerprint density at radius 2 is 1.57 bits per heavy atom. The number of benzene rings is 2. The Morgan fingerprint density at radius 1 is 0.967 bits per heavy atom. The SMILES string of the molecule is O=C(COc1ccc(F)cc1)N1CCN(S(=O)(=O)c2ccccc2C(F)(F)F)CC1. The lowest BCUT2D eigenvalue weighted by Gasteiger charge is -2.34. The average Bonchev–Trinajstić information content (AvgIpc) is 2.72. The molecule has 1 fully saturated rings. The zero-order chi connectivity index (χ0) is 21.9. The Hall–Kier alpha value is -2.66. The van der Waals surface area contributed by atoms with Crippen molar-refractivity contribution in [3.63, 3.8) is 0 Å². The Labute approximate surface area is 170 Å². The minimum Gasteiger partial charge on any atom is -0.484 e. The number of piperazine rings is 1. The van der Waals surface area contributed by atoms with Crippen LogP contribution in [0.25, 0.3) is 0 Å². The second kappa shape index (κ2) is 8.60. The van der Waals surface area contributed by atoms with Crippen LogP contribution in [0.4, 0.5) is 17.6 Å². The predicted molar refractivity (Wildman–Crippen MR) is 98.7 cm³/mol. The van der Waals surface area contributed by atoms with Crippen molar-refractivity contribution in [1.29, 1.82) is 0 Å². The summed E-state index contributed by atoms with van der Waals surface area (Å²) < 4.78 is 84.1. The van der Waals surface area contributed by atoms with Gasteiger partial charge in [0.2, 0.25) is 10.0 Å². The number of ether oxygens (including phenoxy) is 1. The van der Waals surface area contributed by atoms with Crippen LogP contribution in [0.15, 0.2) is 53.4 Å². The van der Waals surface area contributed by atoms with E-state index in [2.05, 4.69) is 0 Å². The minimum absolute atomic E-state index is 0.0129. The van der Waals surface area contributed by atoms with Crippen LogP contribution in [0.1, 0.15) is 5.56 Å². The van der Waals surface area contributed by atoms with Gasteiger partial charge < -0.3 is 9.64 Å². The smallest absolute Gasteiger partial charge is 0.417 e. The first-order valence-electron chi connectivity index (χ1n) is 8.91. The standard InChI is InChI=1S/C19H18F4N2O4S/c20-14-5-7-15(8-6-14)29-13-18(26)24-9-11-25(12-10-24)30(27,28)17-4-2-1-3-16(17)19(21,22)23/h1-8H,9-13H2. The molecule has 30 heavy (non-hydrogen) atoms. The highest BCUT2D eigenvalue weighted by molar-refractivity contribution is 7.89. The van der Waals surface area contributed by atoms with E-state index >= 15 is 0 Å². The van der Waals surface area contributed by atoms with Crippen LogP contribution in [0.3, 0.4) is 0 Å². The van der Waals surface area contributed by atoms with Crippen molar-refractivity contribution >= 4 is 15.9 Å². The van der Waals surface area contributed by atoms with Crippen molar-refractivity contribution in [3.8, 4) is 5.75 Å². The maximum atomic E-state index is 13.2. The number of alkyl halides is 3. The van der Waals surface area contributed by atoms with E-state index in [-0.39, 0.29) is 32.8 Å². The fourth-order valence-corrected chi connectivity index (χ4v) is 4.64. The fourth-order valence-electron chi connectivity index (χ4n) is 3.01. The van der Waals surface area contributed by atoms with Gasteiger partial charge in [-0.3, -0.25) is 4.79 Å². The molecule has 1 aliphatic heterocycles. The number of rotatable bonds is 5. The number of hydrogen-bond donors (Lipinski definition) is 0. The van der Waals surface area contributed by atoms with Gasteiger partial charge >= 0.3 is 6.18 Å². The molecule has 0 bridgehead atoms. The molecule has 11 heteroatoms. The summed E-state index contributed by atoms with van der Waals surface area (Å²) in [6.45, 7) is -0.582. The van der Waals surface area contributed by atoms with Crippen LogP contribution in [0.5, 0.6) is 5.75 Å². The number of amides is 1. The third-order valence-corrected chi connectivity index (χ3v) is 6.53. The van der Waals surface area contributed by atoms with Gasteiger partial charge in [-0.2, -0.15) is 17.5 Å². The quantitative estimate of drug-likeness (QED) is 0.663. The van der Waals surface area contributed by atoms with Crippen LogP contribution in [-0.4, -0.2) is 56.3 Å².